The van der Waals surface area contributed by atoms with Crippen molar-refractivity contribution in [1.29, 1.82) is 0 Å². The largest absolute Gasteiger partial charge is 0.479 e. The normalized spacial score (nSPS) is 12.2. The van der Waals surface area contributed by atoms with Crippen molar-refractivity contribution in [2.75, 3.05) is 6.54 Å². The number of benzene rings is 1. The van der Waals surface area contributed by atoms with Gasteiger partial charge in [0, 0.05) is 6.54 Å². The predicted molar refractivity (Wildman–Crippen MR) is 75.8 cm³/mol. The van der Waals surface area contributed by atoms with Gasteiger partial charge in [-0.3, -0.25) is 0 Å². The fourth-order valence-corrected chi connectivity index (χ4v) is 1.87. The van der Waals surface area contributed by atoms with Crippen LogP contribution in [0, 0.1) is 0 Å². The van der Waals surface area contributed by atoms with Crippen LogP contribution in [-0.4, -0.2) is 23.7 Å². The van der Waals surface area contributed by atoms with Crippen LogP contribution >= 0.6 is 11.6 Å². The highest BCUT2D eigenvalue weighted by Crippen LogP contribution is 2.27. The van der Waals surface area contributed by atoms with E-state index in [1.807, 2.05) is 6.07 Å². The molecule has 5 heteroatoms. The van der Waals surface area contributed by atoms with Gasteiger partial charge in [-0.05, 0) is 37.1 Å². The molecule has 0 saturated carbocycles. The van der Waals surface area contributed by atoms with E-state index in [2.05, 4.69) is 12.2 Å². The van der Waals surface area contributed by atoms with Crippen LogP contribution < -0.4 is 10.1 Å². The summed E-state index contributed by atoms with van der Waals surface area (Å²) in [5.41, 5.74) is 1.05. The molecule has 0 bridgehead atoms. The monoisotopic (exact) mass is 285 g/mol. The van der Waals surface area contributed by atoms with Crippen LogP contribution in [0.3, 0.4) is 0 Å². The number of carboxylic acid groups (broad SMARTS) is 1. The van der Waals surface area contributed by atoms with Crippen LogP contribution in [-0.2, 0) is 11.3 Å². The van der Waals surface area contributed by atoms with Gasteiger partial charge in [-0.2, -0.15) is 0 Å². The van der Waals surface area contributed by atoms with Gasteiger partial charge in [0.2, 0.25) is 0 Å². The second-order valence-corrected chi connectivity index (χ2v) is 4.70. The van der Waals surface area contributed by atoms with Gasteiger partial charge in [-0.25, -0.2) is 4.79 Å². The van der Waals surface area contributed by atoms with E-state index in [-0.39, 0.29) is 0 Å². The molecule has 1 aromatic carbocycles. The van der Waals surface area contributed by atoms with Gasteiger partial charge >= 0.3 is 5.97 Å². The van der Waals surface area contributed by atoms with E-state index in [1.165, 1.54) is 0 Å². The Bertz CT molecular complexity index is 423. The third kappa shape index (κ3) is 5.09. The van der Waals surface area contributed by atoms with Gasteiger partial charge in [-0.15, -0.1) is 0 Å². The lowest BCUT2D eigenvalue weighted by Crippen LogP contribution is -2.26. The topological polar surface area (TPSA) is 58.6 Å². The van der Waals surface area contributed by atoms with Crippen molar-refractivity contribution in [3.8, 4) is 5.75 Å². The number of ether oxygens (including phenoxy) is 1. The molecule has 0 amide bonds. The number of aliphatic carboxylic acids is 1. The Morgan fingerprint density at radius 1 is 1.47 bits per heavy atom. The minimum Gasteiger partial charge on any atom is -0.479 e. The molecule has 0 heterocycles. The number of carbonyl (C=O) groups is 1. The van der Waals surface area contributed by atoms with Crippen molar-refractivity contribution in [1.82, 2.24) is 5.32 Å². The summed E-state index contributed by atoms with van der Waals surface area (Å²) in [5.74, 6) is -0.567. The molecular formula is C14H20ClNO3. The molecule has 0 saturated heterocycles. The average Bonchev–Trinajstić information content (AvgIpc) is 2.37. The van der Waals surface area contributed by atoms with Crippen LogP contribution in [0.1, 0.15) is 32.3 Å². The van der Waals surface area contributed by atoms with Crippen LogP contribution in [0.5, 0.6) is 5.75 Å². The molecule has 1 unspecified atom stereocenters. The van der Waals surface area contributed by atoms with E-state index >= 15 is 0 Å². The molecule has 1 rings (SSSR count). The number of nitrogens with one attached hydrogen (secondary N) is 1. The van der Waals surface area contributed by atoms with Crippen molar-refractivity contribution in [2.24, 2.45) is 0 Å². The highest BCUT2D eigenvalue weighted by Gasteiger charge is 2.18. The fraction of sp³-hybridized carbons (Fsp3) is 0.500. The molecule has 0 aliphatic heterocycles. The minimum absolute atomic E-state index is 0.394. The van der Waals surface area contributed by atoms with Gasteiger partial charge in [-0.1, -0.05) is 31.5 Å². The molecule has 1 atom stereocenters. The molecule has 0 aliphatic carbocycles. The van der Waals surface area contributed by atoms with Gasteiger partial charge in [0.15, 0.2) is 6.10 Å². The minimum atomic E-state index is -0.979. The maximum Gasteiger partial charge on any atom is 0.344 e. The third-order valence-corrected chi connectivity index (χ3v) is 2.96. The van der Waals surface area contributed by atoms with Crippen molar-refractivity contribution in [2.45, 2.75) is 39.3 Å². The maximum atomic E-state index is 10.9. The van der Waals surface area contributed by atoms with Gasteiger partial charge < -0.3 is 15.2 Å². The molecular weight excluding hydrogens is 266 g/mol. The standard InChI is InChI=1S/C14H20ClNO3/c1-3-7-16-9-10-5-6-13(11(15)8-10)19-12(4-2)14(17)18/h5-6,8,12,16H,3-4,7,9H2,1-2H3,(H,17,18). The zero-order valence-corrected chi connectivity index (χ0v) is 12.0. The van der Waals surface area contributed by atoms with E-state index in [0.29, 0.717) is 17.2 Å². The predicted octanol–water partition coefficient (Wildman–Crippen LogP) is 3.08. The van der Waals surface area contributed by atoms with E-state index in [9.17, 15) is 4.79 Å². The fourth-order valence-electron chi connectivity index (χ4n) is 1.62. The molecule has 0 fully saturated rings. The molecule has 19 heavy (non-hydrogen) atoms. The number of rotatable bonds is 8. The zero-order valence-electron chi connectivity index (χ0n) is 11.3. The van der Waals surface area contributed by atoms with Crippen molar-refractivity contribution in [3.63, 3.8) is 0 Å². The molecule has 1 aromatic rings. The summed E-state index contributed by atoms with van der Waals surface area (Å²) in [5, 5.41) is 12.7. The maximum absolute atomic E-state index is 10.9. The van der Waals surface area contributed by atoms with Crippen molar-refractivity contribution < 1.29 is 14.6 Å². The number of halogens is 1. The van der Waals surface area contributed by atoms with E-state index < -0.39 is 12.1 Å². The summed E-state index contributed by atoms with van der Waals surface area (Å²) in [6.07, 6.45) is 0.610. The summed E-state index contributed by atoms with van der Waals surface area (Å²) in [7, 11) is 0. The SMILES string of the molecule is CCCNCc1ccc(OC(CC)C(=O)O)c(Cl)c1. The van der Waals surface area contributed by atoms with Crippen LogP contribution in [0.2, 0.25) is 5.02 Å². The van der Waals surface area contributed by atoms with Crippen molar-refractivity contribution in [3.05, 3.63) is 28.8 Å². The average molecular weight is 286 g/mol. The lowest BCUT2D eigenvalue weighted by Gasteiger charge is -2.15. The van der Waals surface area contributed by atoms with Gasteiger partial charge in [0.1, 0.15) is 5.75 Å². The molecule has 0 spiro atoms. The summed E-state index contributed by atoms with van der Waals surface area (Å²) < 4.78 is 5.38. The Balaban J connectivity index is 2.68. The quantitative estimate of drug-likeness (QED) is 0.721. The molecule has 0 aromatic heterocycles. The first kappa shape index (κ1) is 15.8. The highest BCUT2D eigenvalue weighted by atomic mass is 35.5. The Labute approximate surface area is 118 Å². The number of hydrogen-bond donors (Lipinski definition) is 2. The number of carboxylic acids is 1. The van der Waals surface area contributed by atoms with Crippen LogP contribution in [0.4, 0.5) is 0 Å². The third-order valence-electron chi connectivity index (χ3n) is 2.67. The number of hydrogen-bond acceptors (Lipinski definition) is 3. The lowest BCUT2D eigenvalue weighted by atomic mass is 10.2. The highest BCUT2D eigenvalue weighted by molar-refractivity contribution is 6.32. The first-order chi connectivity index (χ1) is 9.08. The smallest absolute Gasteiger partial charge is 0.344 e. The Kier molecular flexibility index (Phi) is 6.67. The van der Waals surface area contributed by atoms with Crippen LogP contribution in [0.15, 0.2) is 18.2 Å². The van der Waals surface area contributed by atoms with E-state index in [1.54, 1.807) is 19.1 Å². The summed E-state index contributed by atoms with van der Waals surface area (Å²) in [6.45, 7) is 5.56. The van der Waals surface area contributed by atoms with Crippen LogP contribution in [0.25, 0.3) is 0 Å². The van der Waals surface area contributed by atoms with Gasteiger partial charge in [0.25, 0.3) is 0 Å². The molecule has 4 nitrogen and oxygen atoms in total. The first-order valence-electron chi connectivity index (χ1n) is 6.47. The zero-order chi connectivity index (χ0) is 14.3. The second kappa shape index (κ2) is 8.02. The molecule has 0 radical (unpaired) electrons. The van der Waals surface area contributed by atoms with E-state index in [4.69, 9.17) is 21.4 Å². The molecule has 2 N–H and O–H groups in total. The van der Waals surface area contributed by atoms with E-state index in [0.717, 1.165) is 25.1 Å². The second-order valence-electron chi connectivity index (χ2n) is 4.29. The summed E-state index contributed by atoms with van der Waals surface area (Å²) in [6, 6.07) is 5.41. The lowest BCUT2D eigenvalue weighted by molar-refractivity contribution is -0.145. The Morgan fingerprint density at radius 3 is 2.74 bits per heavy atom. The van der Waals surface area contributed by atoms with Gasteiger partial charge in [0.05, 0.1) is 5.02 Å². The molecule has 0 aliphatic rings. The Morgan fingerprint density at radius 2 is 2.21 bits per heavy atom. The summed E-state index contributed by atoms with van der Waals surface area (Å²) in [4.78, 5) is 10.9. The summed E-state index contributed by atoms with van der Waals surface area (Å²) >= 11 is 6.10. The Hall–Kier alpha value is -1.26. The van der Waals surface area contributed by atoms with Crippen molar-refractivity contribution >= 4 is 17.6 Å². The first-order valence-corrected chi connectivity index (χ1v) is 6.84. The molecule has 106 valence electrons.